The van der Waals surface area contributed by atoms with Crippen molar-refractivity contribution in [2.45, 2.75) is 69.3 Å². The van der Waals surface area contributed by atoms with Crippen molar-refractivity contribution in [1.82, 2.24) is 14.7 Å². The van der Waals surface area contributed by atoms with Crippen LogP contribution in [0.4, 0.5) is 5.69 Å². The molecule has 10 nitrogen and oxygen atoms in total. The van der Waals surface area contributed by atoms with Crippen molar-refractivity contribution in [3.05, 3.63) is 94.5 Å². The lowest BCUT2D eigenvalue weighted by Gasteiger charge is -2.46. The number of allylic oxidation sites excluding steroid dienone is 1. The fourth-order valence-corrected chi connectivity index (χ4v) is 9.85. The molecule has 7 rings (SSSR count). The van der Waals surface area contributed by atoms with Crippen LogP contribution in [0.2, 0.25) is 5.02 Å². The standard InChI is InChI=1S/C38H44ClN5O5S/c1-48-33-8-3-2-4-20-50(47,42-36(45)16-15-35-40-18-6-19-41-35)43-37(46)27-10-14-34-32(22-27)44(23-28-9-12-30(28)33)24-38(25-49-34)17-5-7-26-21-29(39)11-13-31(26)38/h3,6,8,10-11,13-14,18-19,21-22,28,30,33H,2,4-5,7,9,12,15-17,20,23-25H2,1H3,(H,42,43,45,46,47)/b8-3+/t28-,30+,33-,38-,50?/m0/s1. The summed E-state index contributed by atoms with van der Waals surface area (Å²) < 4.78 is 33.7. The number of hydrogen-bond donors (Lipinski definition) is 1. The molecule has 2 bridgehead atoms. The minimum absolute atomic E-state index is 0.0188. The average molecular weight is 718 g/mol. The Kier molecular flexibility index (Phi) is 10.3. The van der Waals surface area contributed by atoms with Crippen LogP contribution in [-0.4, -0.2) is 64.7 Å². The van der Waals surface area contributed by atoms with Crippen molar-refractivity contribution in [2.24, 2.45) is 16.2 Å². The highest BCUT2D eigenvalue weighted by atomic mass is 35.5. The number of methoxy groups -OCH3 is 1. The second kappa shape index (κ2) is 14.8. The van der Waals surface area contributed by atoms with Crippen molar-refractivity contribution < 1.29 is 23.3 Å². The molecule has 2 amide bonds. The molecule has 2 aromatic carbocycles. The van der Waals surface area contributed by atoms with Gasteiger partial charge in [0.05, 0.1) is 24.2 Å². The first-order chi connectivity index (χ1) is 24.2. The van der Waals surface area contributed by atoms with E-state index in [9.17, 15) is 13.8 Å². The molecule has 1 fully saturated rings. The number of fused-ring (bicyclic) bond motifs is 4. The molecule has 50 heavy (non-hydrogen) atoms. The van der Waals surface area contributed by atoms with E-state index in [0.717, 1.165) is 55.9 Å². The molecular formula is C38H44ClN5O5S. The van der Waals surface area contributed by atoms with E-state index in [1.807, 2.05) is 18.2 Å². The molecule has 2 aliphatic heterocycles. The lowest BCUT2D eigenvalue weighted by molar-refractivity contribution is -0.119. The Morgan fingerprint density at radius 1 is 1.16 bits per heavy atom. The zero-order valence-corrected chi connectivity index (χ0v) is 30.0. The number of aromatic nitrogens is 2. The van der Waals surface area contributed by atoms with Gasteiger partial charge in [-0.25, -0.2) is 14.2 Å². The Balaban J connectivity index is 1.24. The molecule has 1 saturated carbocycles. The molecule has 1 unspecified atom stereocenters. The van der Waals surface area contributed by atoms with Gasteiger partial charge in [0.25, 0.3) is 5.91 Å². The Morgan fingerprint density at radius 2 is 2.02 bits per heavy atom. The molecule has 0 radical (unpaired) electrons. The monoisotopic (exact) mass is 717 g/mol. The van der Waals surface area contributed by atoms with E-state index in [2.05, 4.69) is 48.2 Å². The van der Waals surface area contributed by atoms with Crippen LogP contribution in [0.25, 0.3) is 0 Å². The van der Waals surface area contributed by atoms with Gasteiger partial charge in [-0.3, -0.25) is 14.3 Å². The Labute approximate surface area is 299 Å². The number of nitrogens with one attached hydrogen (secondary N) is 1. The third-order valence-corrected chi connectivity index (χ3v) is 12.8. The number of hydrogen-bond acceptors (Lipinski definition) is 8. The molecule has 1 N–H and O–H groups in total. The van der Waals surface area contributed by atoms with Crippen LogP contribution >= 0.6 is 11.6 Å². The third kappa shape index (κ3) is 7.45. The van der Waals surface area contributed by atoms with Gasteiger partial charge in [-0.2, -0.15) is 0 Å². The summed E-state index contributed by atoms with van der Waals surface area (Å²) in [4.78, 5) is 37.6. The number of aryl methyl sites for hydroxylation is 2. The number of rotatable bonds is 5. The van der Waals surface area contributed by atoms with Gasteiger partial charge in [-0.1, -0.05) is 29.8 Å². The Hall–Kier alpha value is -3.80. The molecule has 2 aliphatic carbocycles. The zero-order chi connectivity index (χ0) is 34.7. The molecule has 264 valence electrons. The normalized spacial score (nSPS) is 28.6. The van der Waals surface area contributed by atoms with E-state index in [1.54, 1.807) is 31.6 Å². The smallest absolute Gasteiger partial charge is 0.286 e. The van der Waals surface area contributed by atoms with Crippen molar-refractivity contribution in [3.63, 3.8) is 0 Å². The second-order valence-electron chi connectivity index (χ2n) is 14.0. The van der Waals surface area contributed by atoms with Crippen molar-refractivity contribution in [1.29, 1.82) is 0 Å². The quantitative estimate of drug-likeness (QED) is 0.307. The van der Waals surface area contributed by atoms with Crippen molar-refractivity contribution in [3.8, 4) is 5.75 Å². The highest BCUT2D eigenvalue weighted by Gasteiger charge is 2.44. The molecule has 0 saturated heterocycles. The van der Waals surface area contributed by atoms with Gasteiger partial charge in [0.1, 0.15) is 21.5 Å². The van der Waals surface area contributed by atoms with Gasteiger partial charge in [-0.05, 0) is 104 Å². The highest BCUT2D eigenvalue weighted by Crippen LogP contribution is 2.47. The first-order valence-corrected chi connectivity index (χ1v) is 19.7. The number of amides is 2. The van der Waals surface area contributed by atoms with Crippen molar-refractivity contribution in [2.75, 3.05) is 37.5 Å². The number of ether oxygens (including phenoxy) is 2. The molecular weight excluding hydrogens is 674 g/mol. The number of halogens is 1. The van der Waals surface area contributed by atoms with Gasteiger partial charge in [0.15, 0.2) is 0 Å². The minimum Gasteiger partial charge on any atom is -0.490 e. The van der Waals surface area contributed by atoms with E-state index >= 15 is 0 Å². The molecule has 1 aromatic heterocycles. The van der Waals surface area contributed by atoms with E-state index in [4.69, 9.17) is 21.1 Å². The largest absolute Gasteiger partial charge is 0.490 e. The van der Waals surface area contributed by atoms with Gasteiger partial charge >= 0.3 is 0 Å². The summed E-state index contributed by atoms with van der Waals surface area (Å²) in [5.41, 5.74) is 3.41. The van der Waals surface area contributed by atoms with Gasteiger partial charge in [0.2, 0.25) is 5.91 Å². The van der Waals surface area contributed by atoms with Gasteiger partial charge in [0, 0.05) is 61.4 Å². The third-order valence-electron chi connectivity index (χ3n) is 10.7. The van der Waals surface area contributed by atoms with Crippen LogP contribution in [-0.2, 0) is 37.7 Å². The molecule has 3 aromatic rings. The van der Waals surface area contributed by atoms with Crippen LogP contribution in [0.5, 0.6) is 5.75 Å². The molecule has 4 aliphatic rings. The maximum atomic E-state index is 14.2. The highest BCUT2D eigenvalue weighted by molar-refractivity contribution is 7.92. The fraction of sp³-hybridized carbons (Fsp3) is 0.474. The van der Waals surface area contributed by atoms with E-state index in [1.165, 1.54) is 11.1 Å². The summed E-state index contributed by atoms with van der Waals surface area (Å²) in [5, 5.41) is 0.740. The first kappa shape index (κ1) is 34.6. The SMILES string of the molecule is CO[C@H]1/C=C/CCCS(=O)(NC(=O)CCc2ncccn2)=NC(=O)c2ccc3c(c2)N(C[C@@H]2CC[C@H]21)C[C@@]1(CCCc2cc(Cl)ccc21)CO3. The number of nitrogens with zero attached hydrogens (tertiary/aromatic N) is 4. The van der Waals surface area contributed by atoms with E-state index in [0.29, 0.717) is 48.4 Å². The lowest BCUT2D eigenvalue weighted by Crippen LogP contribution is -2.49. The summed E-state index contributed by atoms with van der Waals surface area (Å²) in [5.74, 6) is 0.887. The maximum Gasteiger partial charge on any atom is 0.286 e. The average Bonchev–Trinajstić information content (AvgIpc) is 3.25. The molecule has 12 heteroatoms. The molecule has 3 heterocycles. The van der Waals surface area contributed by atoms with Crippen LogP contribution in [0.3, 0.4) is 0 Å². The number of anilines is 1. The summed E-state index contributed by atoms with van der Waals surface area (Å²) in [6.07, 6.45) is 13.9. The van der Waals surface area contributed by atoms with E-state index in [-0.39, 0.29) is 30.1 Å². The Morgan fingerprint density at radius 3 is 2.82 bits per heavy atom. The van der Waals surface area contributed by atoms with Crippen LogP contribution in [0.1, 0.15) is 72.3 Å². The summed E-state index contributed by atoms with van der Waals surface area (Å²) >= 11 is 6.45. The number of carbonyl (C=O) groups excluding carboxylic acids is 2. The summed E-state index contributed by atoms with van der Waals surface area (Å²) in [6, 6.07) is 13.3. The summed E-state index contributed by atoms with van der Waals surface area (Å²) in [6.45, 7) is 2.01. The zero-order valence-electron chi connectivity index (χ0n) is 28.4. The predicted octanol–water partition coefficient (Wildman–Crippen LogP) is 6.27. The molecule has 1 spiro atoms. The first-order valence-electron chi connectivity index (χ1n) is 17.6. The van der Waals surface area contributed by atoms with Crippen LogP contribution in [0, 0.1) is 11.8 Å². The topological polar surface area (TPSA) is 123 Å². The van der Waals surface area contributed by atoms with Crippen LogP contribution in [0.15, 0.2) is 71.4 Å². The van der Waals surface area contributed by atoms with Gasteiger partial charge < -0.3 is 14.4 Å². The van der Waals surface area contributed by atoms with E-state index < -0.39 is 21.7 Å². The number of benzene rings is 2. The second-order valence-corrected chi connectivity index (χ2v) is 16.5. The van der Waals surface area contributed by atoms with Crippen LogP contribution < -0.4 is 14.4 Å². The van der Waals surface area contributed by atoms with Gasteiger partial charge in [-0.15, -0.1) is 4.36 Å². The Bertz CT molecular complexity index is 1900. The minimum atomic E-state index is -3.43. The summed E-state index contributed by atoms with van der Waals surface area (Å²) in [7, 11) is -1.67. The fourth-order valence-electron chi connectivity index (χ4n) is 8.03. The van der Waals surface area contributed by atoms with Crippen molar-refractivity contribution >= 4 is 39.0 Å². The number of carbonyl (C=O) groups is 2. The maximum absolute atomic E-state index is 14.2. The lowest BCUT2D eigenvalue weighted by atomic mass is 9.68. The predicted molar refractivity (Wildman–Crippen MR) is 194 cm³/mol. The molecule has 5 atom stereocenters.